The molecule has 3 heterocycles. The molecule has 11 aromatic rings. The third-order valence-electron chi connectivity index (χ3n) is 15.5. The summed E-state index contributed by atoms with van der Waals surface area (Å²) in [5, 5.41) is 7.38. The Morgan fingerprint density at radius 1 is 0.468 bits per heavy atom. The second kappa shape index (κ2) is 20.8. The summed E-state index contributed by atoms with van der Waals surface area (Å²) in [5.41, 5.74) is 11.7. The van der Waals surface area contributed by atoms with Gasteiger partial charge in [-0.05, 0) is 102 Å². The molecular formula is C72H65N4OPtSi-3. The van der Waals surface area contributed by atoms with Crippen molar-refractivity contribution in [3.8, 4) is 28.4 Å². The Morgan fingerprint density at radius 3 is 1.62 bits per heavy atom. The summed E-state index contributed by atoms with van der Waals surface area (Å²) < 4.78 is 9.58. The van der Waals surface area contributed by atoms with Crippen molar-refractivity contribution < 1.29 is 25.8 Å². The van der Waals surface area contributed by atoms with Crippen LogP contribution in [-0.4, -0.2) is 17.6 Å². The van der Waals surface area contributed by atoms with Crippen LogP contribution in [0.2, 0.25) is 0 Å². The summed E-state index contributed by atoms with van der Waals surface area (Å²) in [5.74, 6) is 2.00. The second-order valence-corrected chi connectivity index (χ2v) is 27.6. The molecule has 9 aromatic carbocycles. The summed E-state index contributed by atoms with van der Waals surface area (Å²) in [6.45, 7) is 22.7. The quantitative estimate of drug-likeness (QED) is 0.0776. The van der Waals surface area contributed by atoms with Crippen molar-refractivity contribution in [2.45, 2.75) is 78.6 Å². The SMILES string of the molecule is CC(C)(C)c1cc(N2[CH-]N(c3[c-]c(Oc4[c-]c5c(cc4-c4cccc([Si](c6ccccc6)(c6ccccc6)c6ccccc6)c4)c4ccccc4n5-c4cc(C(C)(C)C)ccn4)ccc3)c3ccccc32)cc(C(C)(C)C)c1.[Pt]. The molecule has 0 fully saturated rings. The number of rotatable bonds is 10. The first-order chi connectivity index (χ1) is 37.6. The first kappa shape index (κ1) is 53.2. The van der Waals surface area contributed by atoms with Gasteiger partial charge in [0, 0.05) is 61.3 Å². The molecule has 0 unspecified atom stereocenters. The molecule has 0 spiro atoms. The first-order valence-electron chi connectivity index (χ1n) is 27.2. The summed E-state index contributed by atoms with van der Waals surface area (Å²) in [6, 6.07) is 87.3. The molecule has 0 N–H and O–H groups in total. The van der Waals surface area contributed by atoms with E-state index in [0.29, 0.717) is 11.5 Å². The van der Waals surface area contributed by atoms with Gasteiger partial charge in [0.1, 0.15) is 5.82 Å². The van der Waals surface area contributed by atoms with Crippen LogP contribution in [0.5, 0.6) is 11.5 Å². The zero-order chi connectivity index (χ0) is 54.0. The number of hydrogen-bond donors (Lipinski definition) is 0. The minimum Gasteiger partial charge on any atom is -0.509 e. The molecule has 0 amide bonds. The van der Waals surface area contributed by atoms with E-state index in [1.165, 1.54) is 37.4 Å². The van der Waals surface area contributed by atoms with Crippen molar-refractivity contribution in [2.24, 2.45) is 0 Å². The fourth-order valence-electron chi connectivity index (χ4n) is 11.3. The average molecular weight is 1230 g/mol. The Kier molecular flexibility index (Phi) is 14.0. The molecule has 0 radical (unpaired) electrons. The molecule has 1 aliphatic rings. The van der Waals surface area contributed by atoms with Crippen LogP contribution in [0.25, 0.3) is 38.8 Å². The Bertz CT molecular complexity index is 3870. The fourth-order valence-corrected chi connectivity index (χ4v) is 16.1. The van der Waals surface area contributed by atoms with Gasteiger partial charge < -0.3 is 19.1 Å². The van der Waals surface area contributed by atoms with Gasteiger partial charge in [0.05, 0.1) is 0 Å². The zero-order valence-corrected chi connectivity index (χ0v) is 49.7. The van der Waals surface area contributed by atoms with E-state index >= 15 is 0 Å². The van der Waals surface area contributed by atoms with E-state index in [-0.39, 0.29) is 37.3 Å². The van der Waals surface area contributed by atoms with Crippen LogP contribution in [0.4, 0.5) is 22.7 Å². The average Bonchev–Trinajstić information content (AvgIpc) is 4.16. The number of ether oxygens (including phenoxy) is 1. The standard InChI is InChI=1S/C72H65N4OSi.Pt/c1-70(2,3)51-39-40-73-69(45-51)76-64-36-20-19-35-61(64)63-47-62(50-25-23-34-60(41-50)78(57-28-13-10-14-29-57,58-30-15-11-16-31-58)59-32-17-12-18-33-59)68(48-67(63)76)77-56-27-24-26-54(46-56)74-49-75(66-38-22-21-37-65(66)74)55-43-52(71(4,5)6)42-53(44-55)72(7,8)9;/h10-45,47,49H,1-9H3;/q-3;. The van der Waals surface area contributed by atoms with Crippen LogP contribution < -0.4 is 35.3 Å². The Labute approximate surface area is 482 Å². The van der Waals surface area contributed by atoms with Gasteiger partial charge in [-0.15, -0.1) is 42.0 Å². The Balaban J connectivity index is 0.00000660. The zero-order valence-electron chi connectivity index (χ0n) is 46.5. The number of para-hydroxylation sites is 3. The topological polar surface area (TPSA) is 33.5 Å². The Morgan fingerprint density at radius 2 is 1.01 bits per heavy atom. The molecule has 7 heteroatoms. The van der Waals surface area contributed by atoms with Crippen LogP contribution in [0.1, 0.15) is 79.0 Å². The fraction of sp³-hybridized carbons (Fsp3) is 0.167. The van der Waals surface area contributed by atoms with Crippen LogP contribution in [0, 0.1) is 18.8 Å². The summed E-state index contributed by atoms with van der Waals surface area (Å²) in [4.78, 5) is 9.59. The van der Waals surface area contributed by atoms with E-state index in [2.05, 4.69) is 308 Å². The maximum atomic E-state index is 7.33. The minimum atomic E-state index is -2.90. The number of hydrogen-bond acceptors (Lipinski definition) is 4. The summed E-state index contributed by atoms with van der Waals surface area (Å²) in [7, 11) is -2.90. The van der Waals surface area contributed by atoms with Gasteiger partial charge >= 0.3 is 0 Å². The number of benzene rings is 9. The maximum absolute atomic E-state index is 7.33. The van der Waals surface area contributed by atoms with E-state index in [9.17, 15) is 0 Å². The molecule has 2 aromatic heterocycles. The van der Waals surface area contributed by atoms with E-state index < -0.39 is 8.07 Å². The van der Waals surface area contributed by atoms with Crippen molar-refractivity contribution >= 4 is 73.4 Å². The predicted molar refractivity (Wildman–Crippen MR) is 329 cm³/mol. The van der Waals surface area contributed by atoms with Crippen molar-refractivity contribution in [1.82, 2.24) is 9.55 Å². The third-order valence-corrected chi connectivity index (χ3v) is 20.3. The van der Waals surface area contributed by atoms with E-state index in [1.54, 1.807) is 0 Å². The smallest absolute Gasteiger partial charge is 0.179 e. The number of aromatic nitrogens is 2. The van der Waals surface area contributed by atoms with Crippen LogP contribution in [0.15, 0.2) is 225 Å². The van der Waals surface area contributed by atoms with Crippen molar-refractivity contribution in [2.75, 3.05) is 9.80 Å². The monoisotopic (exact) mass is 1220 g/mol. The Hall–Kier alpha value is -7.76. The van der Waals surface area contributed by atoms with Crippen LogP contribution in [0.3, 0.4) is 0 Å². The first-order valence-corrected chi connectivity index (χ1v) is 29.2. The molecule has 12 rings (SSSR count). The van der Waals surface area contributed by atoms with Gasteiger partial charge in [0.2, 0.25) is 0 Å². The summed E-state index contributed by atoms with van der Waals surface area (Å²) in [6.07, 6.45) is 1.93. The van der Waals surface area contributed by atoms with Crippen molar-refractivity contribution in [1.29, 1.82) is 0 Å². The third kappa shape index (κ3) is 9.85. The van der Waals surface area contributed by atoms with Crippen molar-refractivity contribution in [3.63, 3.8) is 0 Å². The van der Waals surface area contributed by atoms with Crippen molar-refractivity contribution in [3.05, 3.63) is 260 Å². The molecular weight excluding hydrogens is 1160 g/mol. The van der Waals surface area contributed by atoms with Gasteiger partial charge in [-0.25, -0.2) is 4.98 Å². The van der Waals surface area contributed by atoms with Gasteiger partial charge in [0.15, 0.2) is 8.07 Å². The predicted octanol–water partition coefficient (Wildman–Crippen LogP) is 15.9. The second-order valence-electron chi connectivity index (χ2n) is 23.8. The number of pyridine rings is 1. The molecule has 396 valence electrons. The number of anilines is 4. The molecule has 0 saturated heterocycles. The van der Waals surface area contributed by atoms with Crippen LogP contribution >= 0.6 is 0 Å². The maximum Gasteiger partial charge on any atom is 0.179 e. The van der Waals surface area contributed by atoms with Gasteiger partial charge in [0.25, 0.3) is 0 Å². The molecule has 0 atom stereocenters. The number of nitrogens with zero attached hydrogens (tertiary/aromatic N) is 4. The van der Waals surface area contributed by atoms with E-state index in [1.807, 2.05) is 12.3 Å². The van der Waals surface area contributed by atoms with Gasteiger partial charge in [-0.1, -0.05) is 231 Å². The molecule has 0 bridgehead atoms. The van der Waals surface area contributed by atoms with Gasteiger partial charge in [-0.3, -0.25) is 0 Å². The molecule has 79 heavy (non-hydrogen) atoms. The minimum absolute atomic E-state index is 0. The van der Waals surface area contributed by atoms with E-state index in [4.69, 9.17) is 9.72 Å². The molecule has 5 nitrogen and oxygen atoms in total. The van der Waals surface area contributed by atoms with E-state index in [0.717, 1.165) is 61.5 Å². The number of fused-ring (bicyclic) bond motifs is 4. The molecule has 0 saturated carbocycles. The normalized spacial score (nSPS) is 12.9. The summed E-state index contributed by atoms with van der Waals surface area (Å²) >= 11 is 0. The largest absolute Gasteiger partial charge is 0.509 e. The molecule has 0 aliphatic carbocycles. The molecule has 1 aliphatic heterocycles. The van der Waals surface area contributed by atoms with Gasteiger partial charge in [-0.2, -0.15) is 12.1 Å². The van der Waals surface area contributed by atoms with Crippen LogP contribution in [-0.2, 0) is 37.3 Å².